The van der Waals surface area contributed by atoms with E-state index in [1.54, 1.807) is 26.2 Å². The van der Waals surface area contributed by atoms with Gasteiger partial charge in [-0.25, -0.2) is 4.79 Å². The maximum Gasteiger partial charge on any atom is 0.332 e. The van der Waals surface area contributed by atoms with Crippen molar-refractivity contribution in [2.75, 3.05) is 21.2 Å². The quantitative estimate of drug-likeness (QED) is 0.411. The van der Waals surface area contributed by atoms with Crippen LogP contribution in [-0.4, -0.2) is 59.2 Å². The number of aryl methyl sites for hydroxylation is 1. The average Bonchev–Trinajstić information content (AvgIpc) is 3.14. The highest BCUT2D eigenvalue weighted by Gasteiger charge is 2.47. The molecule has 8 nitrogen and oxygen atoms in total. The Kier molecular flexibility index (Phi) is 6.06. The summed E-state index contributed by atoms with van der Waals surface area (Å²) in [6, 6.07) is 14.3. The molecule has 1 saturated heterocycles. The van der Waals surface area contributed by atoms with Crippen LogP contribution in [-0.2, 0) is 9.59 Å². The van der Waals surface area contributed by atoms with Gasteiger partial charge in [0.15, 0.2) is 5.78 Å². The summed E-state index contributed by atoms with van der Waals surface area (Å²) in [4.78, 5) is 54.0. The minimum atomic E-state index is -1.34. The van der Waals surface area contributed by atoms with Gasteiger partial charge in [0.25, 0.3) is 0 Å². The third kappa shape index (κ3) is 3.80. The van der Waals surface area contributed by atoms with Crippen molar-refractivity contribution in [2.45, 2.75) is 26.7 Å². The van der Waals surface area contributed by atoms with Crippen LogP contribution in [0.5, 0.6) is 5.75 Å². The first-order chi connectivity index (χ1) is 16.6. The molecule has 0 bridgehead atoms. The van der Waals surface area contributed by atoms with Crippen LogP contribution in [0.15, 0.2) is 48.5 Å². The van der Waals surface area contributed by atoms with Gasteiger partial charge in [0.1, 0.15) is 11.7 Å². The molecule has 4 amide bonds. The Bertz CT molecular complexity index is 1330. The summed E-state index contributed by atoms with van der Waals surface area (Å²) in [5, 5.41) is 0. The van der Waals surface area contributed by atoms with E-state index >= 15 is 0 Å². The molecule has 8 heteroatoms. The molecule has 1 aliphatic rings. The van der Waals surface area contributed by atoms with Gasteiger partial charge in [-0.3, -0.25) is 24.2 Å². The zero-order valence-corrected chi connectivity index (χ0v) is 20.6. The number of ether oxygens (including phenoxy) is 1. The van der Waals surface area contributed by atoms with Crippen LogP contribution < -0.4 is 4.74 Å². The minimum absolute atomic E-state index is 0.277. The fraction of sp³-hybridized carbons (Fsp3) is 0.259. The first-order valence-corrected chi connectivity index (χ1v) is 11.1. The Morgan fingerprint density at radius 2 is 1.40 bits per heavy atom. The van der Waals surface area contributed by atoms with Crippen molar-refractivity contribution < 1.29 is 23.9 Å². The zero-order chi connectivity index (χ0) is 25.6. The molecule has 4 rings (SSSR count). The van der Waals surface area contributed by atoms with Gasteiger partial charge >= 0.3 is 6.03 Å². The highest BCUT2D eigenvalue weighted by Crippen LogP contribution is 2.41. The van der Waals surface area contributed by atoms with Crippen molar-refractivity contribution in [2.24, 2.45) is 0 Å². The number of hydrogen-bond acceptors (Lipinski definition) is 5. The third-order valence-corrected chi connectivity index (χ3v) is 6.47. The summed E-state index contributed by atoms with van der Waals surface area (Å²) in [6.45, 7) is 5.17. The molecular formula is C27H27N3O5. The van der Waals surface area contributed by atoms with Gasteiger partial charge in [-0.05, 0) is 50.6 Å². The summed E-state index contributed by atoms with van der Waals surface area (Å²) < 4.78 is 7.17. The summed E-state index contributed by atoms with van der Waals surface area (Å²) >= 11 is 0. The molecule has 0 radical (unpaired) electrons. The minimum Gasteiger partial charge on any atom is -0.497 e. The summed E-state index contributed by atoms with van der Waals surface area (Å²) in [5.74, 6) is -2.28. The van der Waals surface area contributed by atoms with Crippen LogP contribution in [0.25, 0.3) is 16.9 Å². The molecule has 0 atom stereocenters. The van der Waals surface area contributed by atoms with Crippen LogP contribution in [0.2, 0.25) is 0 Å². The number of methoxy groups -OCH3 is 1. The number of carbonyl (C=O) groups excluding carboxylic acids is 4. The van der Waals surface area contributed by atoms with Crippen LogP contribution >= 0.6 is 0 Å². The summed E-state index contributed by atoms with van der Waals surface area (Å²) in [5.41, 5.74) is 4.25. The van der Waals surface area contributed by atoms with Gasteiger partial charge in [0.05, 0.1) is 12.8 Å². The lowest BCUT2D eigenvalue weighted by Crippen LogP contribution is -2.56. The number of urea groups is 1. The lowest BCUT2D eigenvalue weighted by atomic mass is 9.87. The number of nitrogens with zero attached hydrogens (tertiary/aromatic N) is 3. The van der Waals surface area contributed by atoms with Crippen molar-refractivity contribution in [3.63, 3.8) is 0 Å². The molecule has 1 aromatic heterocycles. The van der Waals surface area contributed by atoms with Gasteiger partial charge in [0, 0.05) is 36.6 Å². The van der Waals surface area contributed by atoms with Crippen molar-refractivity contribution in [1.29, 1.82) is 0 Å². The first-order valence-electron chi connectivity index (χ1n) is 11.1. The van der Waals surface area contributed by atoms with E-state index in [0.717, 1.165) is 26.6 Å². The first kappa shape index (κ1) is 23.9. The highest BCUT2D eigenvalue weighted by atomic mass is 16.5. The zero-order valence-electron chi connectivity index (χ0n) is 20.6. The van der Waals surface area contributed by atoms with E-state index in [1.807, 2.05) is 47.9 Å². The van der Waals surface area contributed by atoms with Crippen molar-refractivity contribution in [3.8, 4) is 22.7 Å². The number of benzene rings is 2. The van der Waals surface area contributed by atoms with Gasteiger partial charge in [-0.2, -0.15) is 0 Å². The number of imide groups is 2. The molecule has 0 aliphatic carbocycles. The number of barbiturate groups is 1. The van der Waals surface area contributed by atoms with Gasteiger partial charge in [-0.1, -0.05) is 29.8 Å². The van der Waals surface area contributed by atoms with Crippen molar-refractivity contribution >= 4 is 23.6 Å². The molecule has 0 N–H and O–H groups in total. The SMILES string of the molecule is COc1ccc(-n2c(C)c(C(C)=O)c(C3C(=O)N(C)C(=O)N(C)C3=O)c2-c2ccc(C)cc2)cc1. The van der Waals surface area contributed by atoms with E-state index in [0.29, 0.717) is 28.3 Å². The second kappa shape index (κ2) is 8.87. The molecule has 0 saturated carbocycles. The average molecular weight is 474 g/mol. The second-order valence-corrected chi connectivity index (χ2v) is 8.69. The lowest BCUT2D eigenvalue weighted by molar-refractivity contribution is -0.143. The van der Waals surface area contributed by atoms with Crippen LogP contribution in [0.1, 0.15) is 40.0 Å². The fourth-order valence-corrected chi connectivity index (χ4v) is 4.64. The number of carbonyl (C=O) groups is 4. The van der Waals surface area contributed by atoms with Gasteiger partial charge < -0.3 is 9.30 Å². The molecule has 35 heavy (non-hydrogen) atoms. The van der Waals surface area contributed by atoms with Crippen LogP contribution in [0.4, 0.5) is 4.79 Å². The van der Waals surface area contributed by atoms with E-state index in [4.69, 9.17) is 4.74 Å². The lowest BCUT2D eigenvalue weighted by Gasteiger charge is -2.33. The topological polar surface area (TPSA) is 88.9 Å². The Hall–Kier alpha value is -4.20. The molecule has 0 spiro atoms. The monoisotopic (exact) mass is 473 g/mol. The predicted octanol–water partition coefficient (Wildman–Crippen LogP) is 4.11. The summed E-state index contributed by atoms with van der Waals surface area (Å²) in [6.07, 6.45) is 0. The van der Waals surface area contributed by atoms with E-state index in [1.165, 1.54) is 21.0 Å². The van der Waals surface area contributed by atoms with E-state index in [9.17, 15) is 19.2 Å². The summed E-state index contributed by atoms with van der Waals surface area (Å²) in [7, 11) is 4.26. The molecule has 0 unspecified atom stereocenters. The number of rotatable bonds is 5. The molecule has 2 heterocycles. The molecule has 180 valence electrons. The third-order valence-electron chi connectivity index (χ3n) is 6.47. The maximum atomic E-state index is 13.4. The van der Waals surface area contributed by atoms with E-state index < -0.39 is 23.8 Å². The number of ketones is 1. The second-order valence-electron chi connectivity index (χ2n) is 8.69. The van der Waals surface area contributed by atoms with Crippen LogP contribution in [0.3, 0.4) is 0 Å². The number of likely N-dealkylation sites (N-methyl/N-ethyl adjacent to an activating group) is 2. The molecule has 1 fully saturated rings. The fourth-order valence-electron chi connectivity index (χ4n) is 4.64. The number of hydrogen-bond donors (Lipinski definition) is 0. The Morgan fingerprint density at radius 1 is 0.857 bits per heavy atom. The molecule has 3 aromatic rings. The Balaban J connectivity index is 2.11. The Labute approximate surface area is 203 Å². The highest BCUT2D eigenvalue weighted by molar-refractivity contribution is 6.21. The molecule has 2 aromatic carbocycles. The number of Topliss-reactive ketones (excluding diaryl/α,β-unsaturated/α-hetero) is 1. The van der Waals surface area contributed by atoms with Crippen molar-refractivity contribution in [1.82, 2.24) is 14.4 Å². The van der Waals surface area contributed by atoms with Crippen LogP contribution in [0, 0.1) is 13.8 Å². The van der Waals surface area contributed by atoms with E-state index in [2.05, 4.69) is 0 Å². The predicted molar refractivity (Wildman–Crippen MR) is 131 cm³/mol. The number of amides is 4. The maximum absolute atomic E-state index is 13.4. The largest absolute Gasteiger partial charge is 0.497 e. The Morgan fingerprint density at radius 3 is 1.89 bits per heavy atom. The molecule has 1 aliphatic heterocycles. The van der Waals surface area contributed by atoms with Gasteiger partial charge in [0.2, 0.25) is 11.8 Å². The normalized spacial score (nSPS) is 14.6. The standard InChI is InChI=1S/C27H27N3O5/c1-15-7-9-18(10-8-15)24-22(23-25(32)28(4)27(34)29(5)26(23)33)21(17(3)31)16(2)30(24)19-11-13-20(35-6)14-12-19/h7-14,23H,1-6H3. The van der Waals surface area contributed by atoms with Gasteiger partial charge in [-0.15, -0.1) is 0 Å². The molecular weight excluding hydrogens is 446 g/mol. The van der Waals surface area contributed by atoms with Crippen molar-refractivity contribution in [3.05, 3.63) is 70.9 Å². The smallest absolute Gasteiger partial charge is 0.332 e. The van der Waals surface area contributed by atoms with E-state index in [-0.39, 0.29) is 5.78 Å². The number of aromatic nitrogens is 1.